The number of anilines is 2. The first-order valence-electron chi connectivity index (χ1n) is 3.65. The maximum atomic E-state index is 5.91. The molecule has 2 aromatic heterocycles. The first kappa shape index (κ1) is 8.07. The number of nitrogen functional groups attached to an aromatic ring is 2. The third kappa shape index (κ3) is 1.36. The summed E-state index contributed by atoms with van der Waals surface area (Å²) in [6, 6.07) is 5.03. The van der Waals surface area contributed by atoms with Crippen molar-refractivity contribution in [3.63, 3.8) is 0 Å². The van der Waals surface area contributed by atoms with Gasteiger partial charge in [-0.2, -0.15) is 0 Å². The van der Waals surface area contributed by atoms with Gasteiger partial charge in [0, 0.05) is 5.39 Å². The Morgan fingerprint density at radius 3 is 2.54 bits per heavy atom. The van der Waals surface area contributed by atoms with Gasteiger partial charge in [0.25, 0.3) is 0 Å². The van der Waals surface area contributed by atoms with Crippen LogP contribution in [-0.4, -0.2) is 9.97 Å². The number of hydrogen-bond donors (Lipinski definition) is 2. The van der Waals surface area contributed by atoms with Crippen LogP contribution in [0.1, 0.15) is 0 Å². The molecule has 0 spiro atoms. The number of pyridine rings is 2. The van der Waals surface area contributed by atoms with Crippen LogP contribution in [-0.2, 0) is 0 Å². The van der Waals surface area contributed by atoms with E-state index in [1.807, 2.05) is 0 Å². The summed E-state index contributed by atoms with van der Waals surface area (Å²) in [4.78, 5) is 8.00. The molecule has 0 aliphatic carbocycles. The second kappa shape index (κ2) is 2.74. The molecule has 0 amide bonds. The van der Waals surface area contributed by atoms with Crippen molar-refractivity contribution < 1.29 is 0 Å². The molecule has 0 radical (unpaired) electrons. The van der Waals surface area contributed by atoms with Crippen LogP contribution in [0, 0.1) is 0 Å². The van der Waals surface area contributed by atoms with Crippen LogP contribution in [0.25, 0.3) is 11.0 Å². The molecule has 5 heteroatoms. The van der Waals surface area contributed by atoms with Gasteiger partial charge in [-0.15, -0.1) is 0 Å². The normalized spacial score (nSPS) is 10.5. The summed E-state index contributed by atoms with van der Waals surface area (Å²) in [7, 11) is 0. The van der Waals surface area contributed by atoms with Gasteiger partial charge < -0.3 is 11.5 Å². The first-order chi connectivity index (χ1) is 6.16. The van der Waals surface area contributed by atoms with Crippen molar-refractivity contribution in [1.29, 1.82) is 0 Å². The summed E-state index contributed by atoms with van der Waals surface area (Å²) in [6.45, 7) is 0. The van der Waals surface area contributed by atoms with Crippen LogP contribution in [0.3, 0.4) is 0 Å². The lowest BCUT2D eigenvalue weighted by molar-refractivity contribution is 1.30. The standard InChI is InChI=1S/C8H7ClN4/c9-5-3-7(11)13-8-4(5)1-2-6(10)12-8/h1-3H,(H4,10,11,12,13). The second-order valence-electron chi connectivity index (χ2n) is 2.64. The predicted molar refractivity (Wildman–Crippen MR) is 53.4 cm³/mol. The van der Waals surface area contributed by atoms with Gasteiger partial charge in [0.2, 0.25) is 0 Å². The SMILES string of the molecule is Nc1ccc2c(Cl)cc(N)nc2n1. The zero-order valence-corrected chi connectivity index (χ0v) is 7.42. The molecule has 4 nitrogen and oxygen atoms in total. The maximum absolute atomic E-state index is 5.91. The minimum absolute atomic E-state index is 0.343. The Bertz CT molecular complexity index is 464. The van der Waals surface area contributed by atoms with Crippen LogP contribution in [0.5, 0.6) is 0 Å². The quantitative estimate of drug-likeness (QED) is 0.666. The van der Waals surface area contributed by atoms with Crippen LogP contribution < -0.4 is 11.5 Å². The first-order valence-corrected chi connectivity index (χ1v) is 4.03. The number of halogens is 1. The van der Waals surface area contributed by atoms with E-state index in [1.165, 1.54) is 0 Å². The molecule has 66 valence electrons. The molecule has 0 saturated carbocycles. The lowest BCUT2D eigenvalue weighted by Gasteiger charge is -2.01. The highest BCUT2D eigenvalue weighted by Crippen LogP contribution is 2.23. The van der Waals surface area contributed by atoms with Crippen molar-refractivity contribution in [3.8, 4) is 0 Å². The molecule has 0 aliphatic rings. The number of rotatable bonds is 0. The van der Waals surface area contributed by atoms with Crippen LogP contribution >= 0.6 is 11.6 Å². The highest BCUT2D eigenvalue weighted by atomic mass is 35.5. The summed E-state index contributed by atoms with van der Waals surface area (Å²) in [6.07, 6.45) is 0. The molecule has 0 bridgehead atoms. The Kier molecular flexibility index (Phi) is 1.70. The minimum atomic E-state index is 0.343. The molecule has 0 aromatic carbocycles. The van der Waals surface area contributed by atoms with Gasteiger partial charge in [0.05, 0.1) is 5.02 Å². The molecular weight excluding hydrogens is 188 g/mol. The van der Waals surface area contributed by atoms with Crippen LogP contribution in [0.4, 0.5) is 11.6 Å². The zero-order valence-electron chi connectivity index (χ0n) is 6.66. The number of nitrogens with two attached hydrogens (primary N) is 2. The molecule has 0 saturated heterocycles. The van der Waals surface area contributed by atoms with Gasteiger partial charge in [-0.1, -0.05) is 11.6 Å². The molecule has 2 aromatic rings. The van der Waals surface area contributed by atoms with Gasteiger partial charge in [-0.25, -0.2) is 9.97 Å². The van der Waals surface area contributed by atoms with Crippen LogP contribution in [0.2, 0.25) is 5.02 Å². The van der Waals surface area contributed by atoms with Crippen molar-refractivity contribution in [3.05, 3.63) is 23.2 Å². The van der Waals surface area contributed by atoms with Crippen LogP contribution in [0.15, 0.2) is 18.2 Å². The fraction of sp³-hybridized carbons (Fsp3) is 0. The summed E-state index contributed by atoms with van der Waals surface area (Å²) >= 11 is 5.91. The van der Waals surface area contributed by atoms with E-state index in [9.17, 15) is 0 Å². The van der Waals surface area contributed by atoms with E-state index >= 15 is 0 Å². The fourth-order valence-corrected chi connectivity index (χ4v) is 1.36. The highest BCUT2D eigenvalue weighted by molar-refractivity contribution is 6.35. The second-order valence-corrected chi connectivity index (χ2v) is 3.04. The summed E-state index contributed by atoms with van der Waals surface area (Å²) in [5.74, 6) is 0.747. The smallest absolute Gasteiger partial charge is 0.165 e. The number of aromatic nitrogens is 2. The van der Waals surface area contributed by atoms with Gasteiger partial charge >= 0.3 is 0 Å². The molecule has 0 fully saturated rings. The Labute approximate surface area is 79.5 Å². The van der Waals surface area contributed by atoms with Crippen molar-refractivity contribution in [1.82, 2.24) is 9.97 Å². The molecule has 0 atom stereocenters. The Morgan fingerprint density at radius 1 is 1.08 bits per heavy atom. The Hall–Kier alpha value is -1.55. The zero-order chi connectivity index (χ0) is 9.42. The minimum Gasteiger partial charge on any atom is -0.384 e. The fourth-order valence-electron chi connectivity index (χ4n) is 1.10. The number of fused-ring (bicyclic) bond motifs is 1. The third-order valence-electron chi connectivity index (χ3n) is 1.66. The number of hydrogen-bond acceptors (Lipinski definition) is 4. The molecule has 4 N–H and O–H groups in total. The van der Waals surface area contributed by atoms with Gasteiger partial charge in [-0.05, 0) is 18.2 Å². The van der Waals surface area contributed by atoms with Gasteiger partial charge in [-0.3, -0.25) is 0 Å². The largest absolute Gasteiger partial charge is 0.384 e. The van der Waals surface area contributed by atoms with Gasteiger partial charge in [0.15, 0.2) is 5.65 Å². The van der Waals surface area contributed by atoms with E-state index in [4.69, 9.17) is 23.1 Å². The summed E-state index contributed by atoms with van der Waals surface area (Å²) < 4.78 is 0. The molecule has 0 unspecified atom stereocenters. The average molecular weight is 195 g/mol. The van der Waals surface area contributed by atoms with Crippen molar-refractivity contribution in [2.24, 2.45) is 0 Å². The van der Waals surface area contributed by atoms with E-state index in [-0.39, 0.29) is 0 Å². The lowest BCUT2D eigenvalue weighted by atomic mass is 10.3. The van der Waals surface area contributed by atoms with E-state index in [0.717, 1.165) is 5.39 Å². The van der Waals surface area contributed by atoms with Crippen molar-refractivity contribution in [2.45, 2.75) is 0 Å². The highest BCUT2D eigenvalue weighted by Gasteiger charge is 2.03. The lowest BCUT2D eigenvalue weighted by Crippen LogP contribution is -1.95. The monoisotopic (exact) mass is 194 g/mol. The molecule has 13 heavy (non-hydrogen) atoms. The molecule has 0 aliphatic heterocycles. The van der Waals surface area contributed by atoms with E-state index in [0.29, 0.717) is 22.3 Å². The van der Waals surface area contributed by atoms with Crippen molar-refractivity contribution in [2.75, 3.05) is 11.5 Å². The van der Waals surface area contributed by atoms with E-state index in [2.05, 4.69) is 9.97 Å². The molecule has 2 rings (SSSR count). The van der Waals surface area contributed by atoms with E-state index in [1.54, 1.807) is 18.2 Å². The van der Waals surface area contributed by atoms with E-state index < -0.39 is 0 Å². The number of nitrogens with zero attached hydrogens (tertiary/aromatic N) is 2. The molecule has 2 heterocycles. The maximum Gasteiger partial charge on any atom is 0.165 e. The predicted octanol–water partition coefficient (Wildman–Crippen LogP) is 1.45. The summed E-state index contributed by atoms with van der Waals surface area (Å²) in [5.41, 5.74) is 11.5. The molecular formula is C8H7ClN4. The Balaban J connectivity index is 2.86. The van der Waals surface area contributed by atoms with Crippen molar-refractivity contribution >= 4 is 34.3 Å². The topological polar surface area (TPSA) is 77.8 Å². The third-order valence-corrected chi connectivity index (χ3v) is 1.98. The average Bonchev–Trinajstić information content (AvgIpc) is 2.02. The van der Waals surface area contributed by atoms with Gasteiger partial charge in [0.1, 0.15) is 11.6 Å². The summed E-state index contributed by atoms with van der Waals surface area (Å²) in [5, 5.41) is 1.29. The Morgan fingerprint density at radius 2 is 1.77 bits per heavy atom.